The summed E-state index contributed by atoms with van der Waals surface area (Å²) in [5.41, 5.74) is 2.48. The van der Waals surface area contributed by atoms with Crippen LogP contribution in [0.25, 0.3) is 11.1 Å². The smallest absolute Gasteiger partial charge is 0.175 e. The van der Waals surface area contributed by atoms with Crippen LogP contribution in [0.5, 0.6) is 0 Å². The predicted octanol–water partition coefficient (Wildman–Crippen LogP) is 2.90. The van der Waals surface area contributed by atoms with Gasteiger partial charge >= 0.3 is 0 Å². The molecule has 0 spiro atoms. The minimum Gasteiger partial charge on any atom is -0.294 e. The first-order valence-corrected chi connectivity index (χ1v) is 8.93. The minimum absolute atomic E-state index is 0.0559. The molecule has 1 heterocycles. The van der Waals surface area contributed by atoms with Crippen molar-refractivity contribution < 1.29 is 17.6 Å². The highest BCUT2D eigenvalue weighted by atomic mass is 32.2. The van der Waals surface area contributed by atoms with Crippen LogP contribution in [0.3, 0.4) is 0 Å². The van der Waals surface area contributed by atoms with E-state index in [-0.39, 0.29) is 10.7 Å². The Morgan fingerprint density at radius 3 is 2.35 bits per heavy atom. The van der Waals surface area contributed by atoms with Gasteiger partial charge in [-0.3, -0.25) is 9.78 Å². The molecule has 0 N–H and O–H groups in total. The molecule has 0 bridgehead atoms. The van der Waals surface area contributed by atoms with E-state index >= 15 is 0 Å². The number of ketones is 1. The summed E-state index contributed by atoms with van der Waals surface area (Å²) in [4.78, 5) is 16.2. The first-order chi connectivity index (χ1) is 10.9. The molecular formula is C17H14FNO3S. The van der Waals surface area contributed by atoms with E-state index in [1.54, 1.807) is 12.1 Å². The molecule has 0 aliphatic heterocycles. The van der Waals surface area contributed by atoms with Crippen molar-refractivity contribution >= 4 is 26.8 Å². The molecule has 1 aliphatic rings. The number of nitrogens with zero attached hydrogens (tertiary/aromatic N) is 1. The summed E-state index contributed by atoms with van der Waals surface area (Å²) in [6, 6.07) is 7.67. The highest BCUT2D eigenvalue weighted by Crippen LogP contribution is 2.37. The van der Waals surface area contributed by atoms with E-state index in [1.807, 2.05) is 0 Å². The summed E-state index contributed by atoms with van der Waals surface area (Å²) < 4.78 is 36.4. The van der Waals surface area contributed by atoms with Crippen molar-refractivity contribution in [1.29, 1.82) is 0 Å². The van der Waals surface area contributed by atoms with Gasteiger partial charge in [0.2, 0.25) is 0 Å². The number of benzene rings is 1. The lowest BCUT2D eigenvalue weighted by Gasteiger charge is -2.08. The van der Waals surface area contributed by atoms with Gasteiger partial charge in [-0.2, -0.15) is 0 Å². The molecule has 118 valence electrons. The second-order valence-corrected chi connectivity index (χ2v) is 7.48. The molecule has 1 aromatic carbocycles. The number of halogens is 1. The largest absolute Gasteiger partial charge is 0.294 e. The fraction of sp³-hybridized carbons (Fsp3) is 0.176. The maximum absolute atomic E-state index is 13.4. The van der Waals surface area contributed by atoms with Crippen LogP contribution in [0.1, 0.15) is 24.0 Å². The van der Waals surface area contributed by atoms with Gasteiger partial charge in [0.05, 0.1) is 11.1 Å². The Kier molecular flexibility index (Phi) is 3.85. The van der Waals surface area contributed by atoms with Gasteiger partial charge < -0.3 is 0 Å². The summed E-state index contributed by atoms with van der Waals surface area (Å²) >= 11 is 0. The number of pyridine rings is 1. The summed E-state index contributed by atoms with van der Waals surface area (Å²) in [6.07, 6.45) is 4.60. The number of aromatic nitrogens is 1. The Hall–Kier alpha value is -2.34. The summed E-state index contributed by atoms with van der Waals surface area (Å²) in [5, 5.41) is 0. The van der Waals surface area contributed by atoms with Gasteiger partial charge in [0, 0.05) is 30.0 Å². The summed E-state index contributed by atoms with van der Waals surface area (Å²) in [5.74, 6) is -0.555. The van der Waals surface area contributed by atoms with E-state index in [1.165, 1.54) is 24.4 Å². The average molecular weight is 331 g/mol. The Morgan fingerprint density at radius 2 is 1.74 bits per heavy atom. The van der Waals surface area contributed by atoms with E-state index in [0.29, 0.717) is 24.0 Å². The SMILES string of the molecule is CS(=O)(=O)c1ccc(C2=C(c3cncc(F)c3)C(=O)CC2)cc1. The zero-order chi connectivity index (χ0) is 16.6. The third-order valence-corrected chi connectivity index (χ3v) is 4.94. The Bertz CT molecular complexity index is 915. The quantitative estimate of drug-likeness (QED) is 0.867. The van der Waals surface area contributed by atoms with Gasteiger partial charge in [-0.05, 0) is 35.8 Å². The van der Waals surface area contributed by atoms with Gasteiger partial charge in [0.15, 0.2) is 15.6 Å². The van der Waals surface area contributed by atoms with Crippen LogP contribution in [0.4, 0.5) is 4.39 Å². The van der Waals surface area contributed by atoms with Crippen molar-refractivity contribution in [2.75, 3.05) is 6.26 Å². The van der Waals surface area contributed by atoms with Crippen LogP contribution in [0, 0.1) is 5.82 Å². The number of Topliss-reactive ketones (excluding diaryl/α,β-unsaturated/α-hetero) is 1. The highest BCUT2D eigenvalue weighted by molar-refractivity contribution is 7.90. The average Bonchev–Trinajstić information content (AvgIpc) is 2.88. The Morgan fingerprint density at radius 1 is 1.04 bits per heavy atom. The molecule has 1 aliphatic carbocycles. The van der Waals surface area contributed by atoms with Crippen molar-refractivity contribution in [1.82, 2.24) is 4.98 Å². The number of carbonyl (C=O) groups is 1. The number of sulfone groups is 1. The van der Waals surface area contributed by atoms with E-state index in [9.17, 15) is 17.6 Å². The molecular weight excluding hydrogens is 317 g/mol. The van der Waals surface area contributed by atoms with Crippen LogP contribution < -0.4 is 0 Å². The van der Waals surface area contributed by atoms with Gasteiger partial charge in [0.25, 0.3) is 0 Å². The van der Waals surface area contributed by atoms with E-state index in [2.05, 4.69) is 4.98 Å². The first-order valence-electron chi connectivity index (χ1n) is 7.04. The fourth-order valence-electron chi connectivity index (χ4n) is 2.73. The maximum Gasteiger partial charge on any atom is 0.175 e. The lowest BCUT2D eigenvalue weighted by Crippen LogP contribution is -1.98. The zero-order valence-electron chi connectivity index (χ0n) is 12.4. The summed E-state index contributed by atoms with van der Waals surface area (Å²) in [7, 11) is -3.27. The number of allylic oxidation sites excluding steroid dienone is 2. The molecule has 3 rings (SSSR count). The molecule has 6 heteroatoms. The third-order valence-electron chi connectivity index (χ3n) is 3.81. The van der Waals surface area contributed by atoms with Gasteiger partial charge in [-0.15, -0.1) is 0 Å². The third kappa shape index (κ3) is 3.07. The van der Waals surface area contributed by atoms with Crippen molar-refractivity contribution in [2.45, 2.75) is 17.7 Å². The van der Waals surface area contributed by atoms with Crippen molar-refractivity contribution in [2.24, 2.45) is 0 Å². The van der Waals surface area contributed by atoms with Crippen LogP contribution in [0.15, 0.2) is 47.6 Å². The molecule has 0 fully saturated rings. The molecule has 0 saturated carbocycles. The predicted molar refractivity (Wildman–Crippen MR) is 84.8 cm³/mol. The van der Waals surface area contributed by atoms with Crippen LogP contribution in [0.2, 0.25) is 0 Å². The lowest BCUT2D eigenvalue weighted by atomic mass is 9.98. The Balaban J connectivity index is 2.10. The van der Waals surface area contributed by atoms with E-state index < -0.39 is 15.7 Å². The number of hydrogen-bond donors (Lipinski definition) is 0. The second-order valence-electron chi connectivity index (χ2n) is 5.47. The fourth-order valence-corrected chi connectivity index (χ4v) is 3.36. The number of carbonyl (C=O) groups excluding carboxylic acids is 1. The Labute approximate surface area is 133 Å². The highest BCUT2D eigenvalue weighted by Gasteiger charge is 2.26. The van der Waals surface area contributed by atoms with Crippen LogP contribution in [-0.2, 0) is 14.6 Å². The molecule has 23 heavy (non-hydrogen) atoms. The van der Waals surface area contributed by atoms with Crippen molar-refractivity contribution in [3.05, 3.63) is 59.7 Å². The molecule has 4 nitrogen and oxygen atoms in total. The molecule has 2 aromatic rings. The molecule has 0 amide bonds. The van der Waals surface area contributed by atoms with Crippen LogP contribution in [-0.4, -0.2) is 25.4 Å². The standard InChI is InChI=1S/C17H14FNO3S/c1-23(21,22)14-4-2-11(3-5-14)15-6-7-16(20)17(15)12-8-13(18)10-19-9-12/h2-5,8-10H,6-7H2,1H3. The van der Waals surface area contributed by atoms with E-state index in [0.717, 1.165) is 23.6 Å². The molecule has 0 saturated heterocycles. The summed E-state index contributed by atoms with van der Waals surface area (Å²) in [6.45, 7) is 0. The normalized spacial score (nSPS) is 15.3. The second kappa shape index (κ2) is 5.70. The molecule has 0 radical (unpaired) electrons. The number of rotatable bonds is 3. The minimum atomic E-state index is -3.27. The topological polar surface area (TPSA) is 64.1 Å². The van der Waals surface area contributed by atoms with Crippen molar-refractivity contribution in [3.63, 3.8) is 0 Å². The maximum atomic E-state index is 13.4. The first kappa shape index (κ1) is 15.6. The van der Waals surface area contributed by atoms with E-state index in [4.69, 9.17) is 0 Å². The molecule has 0 atom stereocenters. The van der Waals surface area contributed by atoms with Crippen LogP contribution >= 0.6 is 0 Å². The van der Waals surface area contributed by atoms with Crippen molar-refractivity contribution in [3.8, 4) is 0 Å². The number of hydrogen-bond acceptors (Lipinski definition) is 4. The molecule has 1 aromatic heterocycles. The van der Waals surface area contributed by atoms with Gasteiger partial charge in [-0.25, -0.2) is 12.8 Å². The zero-order valence-corrected chi connectivity index (χ0v) is 13.2. The van der Waals surface area contributed by atoms with Gasteiger partial charge in [-0.1, -0.05) is 12.1 Å². The van der Waals surface area contributed by atoms with Gasteiger partial charge in [0.1, 0.15) is 5.82 Å². The molecule has 0 unspecified atom stereocenters. The lowest BCUT2D eigenvalue weighted by molar-refractivity contribution is -0.113. The monoisotopic (exact) mass is 331 g/mol.